The van der Waals surface area contributed by atoms with E-state index in [2.05, 4.69) is 11.4 Å². The molecule has 1 aliphatic rings. The second kappa shape index (κ2) is 6.79. The van der Waals surface area contributed by atoms with Gasteiger partial charge in [0.25, 0.3) is 0 Å². The second-order valence-corrected chi connectivity index (χ2v) is 5.66. The van der Waals surface area contributed by atoms with Gasteiger partial charge in [-0.05, 0) is 36.4 Å². The molecule has 2 nitrogen and oxygen atoms in total. The zero-order chi connectivity index (χ0) is 15.5. The minimum absolute atomic E-state index is 0.167. The molecule has 1 aromatic carbocycles. The summed E-state index contributed by atoms with van der Waals surface area (Å²) in [7, 11) is 0. The SMILES string of the molecule is CCCNC1c2ccccc2C(C)CC1OCC(F)(F)F. The zero-order valence-corrected chi connectivity index (χ0v) is 12.4. The molecule has 3 unspecified atom stereocenters. The fourth-order valence-corrected chi connectivity index (χ4v) is 2.96. The Balaban J connectivity index is 2.19. The lowest BCUT2D eigenvalue weighted by molar-refractivity contribution is -0.190. The van der Waals surface area contributed by atoms with Gasteiger partial charge in [-0.2, -0.15) is 13.2 Å². The first kappa shape index (κ1) is 16.3. The topological polar surface area (TPSA) is 21.3 Å². The number of rotatable bonds is 5. The molecule has 0 spiro atoms. The number of nitrogens with one attached hydrogen (secondary N) is 1. The van der Waals surface area contributed by atoms with E-state index in [4.69, 9.17) is 4.74 Å². The Morgan fingerprint density at radius 3 is 2.52 bits per heavy atom. The molecule has 0 amide bonds. The molecule has 1 aromatic rings. The van der Waals surface area contributed by atoms with Crippen molar-refractivity contribution in [2.45, 2.75) is 50.9 Å². The standard InChI is InChI=1S/C16H22F3NO/c1-3-8-20-15-13-7-5-4-6-12(13)11(2)9-14(15)21-10-16(17,18)19/h4-7,11,14-15,20H,3,8-10H2,1-2H3. The third kappa shape index (κ3) is 4.20. The molecule has 0 fully saturated rings. The summed E-state index contributed by atoms with van der Waals surface area (Å²) in [5, 5.41) is 3.34. The highest BCUT2D eigenvalue weighted by atomic mass is 19.4. The van der Waals surface area contributed by atoms with Crippen LogP contribution in [0.3, 0.4) is 0 Å². The van der Waals surface area contributed by atoms with Crippen LogP contribution in [0.4, 0.5) is 13.2 Å². The lowest BCUT2D eigenvalue weighted by Crippen LogP contribution is -2.40. The van der Waals surface area contributed by atoms with Crippen LogP contribution >= 0.6 is 0 Å². The van der Waals surface area contributed by atoms with Crippen LogP contribution in [0.5, 0.6) is 0 Å². The maximum absolute atomic E-state index is 12.4. The van der Waals surface area contributed by atoms with Gasteiger partial charge >= 0.3 is 6.18 Å². The molecule has 3 atom stereocenters. The highest BCUT2D eigenvalue weighted by Gasteiger charge is 2.36. The van der Waals surface area contributed by atoms with Crippen LogP contribution in [0.1, 0.15) is 49.8 Å². The Morgan fingerprint density at radius 2 is 1.90 bits per heavy atom. The van der Waals surface area contributed by atoms with Gasteiger partial charge in [-0.1, -0.05) is 38.1 Å². The number of benzene rings is 1. The summed E-state index contributed by atoms with van der Waals surface area (Å²) in [6.07, 6.45) is -3.19. The van der Waals surface area contributed by atoms with E-state index >= 15 is 0 Å². The van der Waals surface area contributed by atoms with Gasteiger partial charge in [0.15, 0.2) is 0 Å². The summed E-state index contributed by atoms with van der Waals surface area (Å²) in [4.78, 5) is 0. The summed E-state index contributed by atoms with van der Waals surface area (Å²) in [6, 6.07) is 7.78. The van der Waals surface area contributed by atoms with Crippen LogP contribution in [0.15, 0.2) is 24.3 Å². The van der Waals surface area contributed by atoms with Crippen molar-refractivity contribution in [3.8, 4) is 0 Å². The quantitative estimate of drug-likeness (QED) is 0.881. The maximum atomic E-state index is 12.4. The normalized spacial score (nSPS) is 25.7. The molecule has 2 rings (SSSR count). The smallest absolute Gasteiger partial charge is 0.367 e. The van der Waals surface area contributed by atoms with Crippen LogP contribution in [0.2, 0.25) is 0 Å². The van der Waals surface area contributed by atoms with E-state index < -0.39 is 18.9 Å². The van der Waals surface area contributed by atoms with Gasteiger partial charge in [-0.25, -0.2) is 0 Å². The predicted octanol–water partition coefficient (Wildman–Crippen LogP) is 4.18. The largest absolute Gasteiger partial charge is 0.411 e. The van der Waals surface area contributed by atoms with Crippen molar-refractivity contribution in [1.82, 2.24) is 5.32 Å². The number of alkyl halides is 3. The Labute approximate surface area is 123 Å². The number of ether oxygens (including phenoxy) is 1. The third-order valence-corrected chi connectivity index (χ3v) is 3.89. The van der Waals surface area contributed by atoms with E-state index in [1.54, 1.807) is 0 Å². The summed E-state index contributed by atoms with van der Waals surface area (Å²) in [6.45, 7) is 3.66. The number of halogens is 3. The second-order valence-electron chi connectivity index (χ2n) is 5.66. The minimum Gasteiger partial charge on any atom is -0.367 e. The Hall–Kier alpha value is -1.07. The Morgan fingerprint density at radius 1 is 1.24 bits per heavy atom. The number of hydrogen-bond donors (Lipinski definition) is 1. The zero-order valence-electron chi connectivity index (χ0n) is 12.4. The molecule has 1 aliphatic carbocycles. The first-order valence-corrected chi connectivity index (χ1v) is 7.43. The average molecular weight is 301 g/mol. The van der Waals surface area contributed by atoms with E-state index in [0.29, 0.717) is 6.42 Å². The Bertz CT molecular complexity index is 461. The highest BCUT2D eigenvalue weighted by Crippen LogP contribution is 2.39. The van der Waals surface area contributed by atoms with Crippen molar-refractivity contribution in [1.29, 1.82) is 0 Å². The van der Waals surface area contributed by atoms with Crippen LogP contribution in [-0.4, -0.2) is 25.4 Å². The van der Waals surface area contributed by atoms with Gasteiger partial charge in [-0.15, -0.1) is 0 Å². The molecule has 118 valence electrons. The van der Waals surface area contributed by atoms with Gasteiger partial charge in [0.05, 0.1) is 12.1 Å². The van der Waals surface area contributed by atoms with Gasteiger partial charge in [-0.3, -0.25) is 0 Å². The first-order valence-electron chi connectivity index (χ1n) is 7.43. The highest BCUT2D eigenvalue weighted by molar-refractivity contribution is 5.36. The van der Waals surface area contributed by atoms with E-state index in [9.17, 15) is 13.2 Å². The molecule has 21 heavy (non-hydrogen) atoms. The third-order valence-electron chi connectivity index (χ3n) is 3.89. The van der Waals surface area contributed by atoms with Crippen molar-refractivity contribution in [2.24, 2.45) is 0 Å². The predicted molar refractivity (Wildman–Crippen MR) is 76.3 cm³/mol. The first-order chi connectivity index (χ1) is 9.92. The monoisotopic (exact) mass is 301 g/mol. The van der Waals surface area contributed by atoms with Crippen molar-refractivity contribution in [3.05, 3.63) is 35.4 Å². The van der Waals surface area contributed by atoms with Gasteiger partial charge in [0, 0.05) is 0 Å². The minimum atomic E-state index is -4.28. The molecule has 5 heteroatoms. The molecular weight excluding hydrogens is 279 g/mol. The number of fused-ring (bicyclic) bond motifs is 1. The van der Waals surface area contributed by atoms with Crippen molar-refractivity contribution < 1.29 is 17.9 Å². The van der Waals surface area contributed by atoms with Crippen LogP contribution in [0.25, 0.3) is 0 Å². The van der Waals surface area contributed by atoms with E-state index in [1.807, 2.05) is 32.0 Å². The van der Waals surface area contributed by atoms with Gasteiger partial charge in [0.2, 0.25) is 0 Å². The molecule has 0 aliphatic heterocycles. The van der Waals surface area contributed by atoms with E-state index in [0.717, 1.165) is 18.5 Å². The lowest BCUT2D eigenvalue weighted by atomic mass is 9.79. The lowest BCUT2D eigenvalue weighted by Gasteiger charge is -2.37. The molecular formula is C16H22F3NO. The summed E-state index contributed by atoms with van der Waals surface area (Å²) < 4.78 is 42.5. The van der Waals surface area contributed by atoms with Crippen LogP contribution in [-0.2, 0) is 4.74 Å². The van der Waals surface area contributed by atoms with Crippen molar-refractivity contribution >= 4 is 0 Å². The summed E-state index contributed by atoms with van der Waals surface area (Å²) in [5.41, 5.74) is 2.27. The Kier molecular flexibility index (Phi) is 5.27. The summed E-state index contributed by atoms with van der Waals surface area (Å²) >= 11 is 0. The fourth-order valence-electron chi connectivity index (χ4n) is 2.96. The maximum Gasteiger partial charge on any atom is 0.411 e. The summed E-state index contributed by atoms with van der Waals surface area (Å²) in [5.74, 6) is 0.208. The average Bonchev–Trinajstić information content (AvgIpc) is 2.44. The molecule has 0 heterocycles. The van der Waals surface area contributed by atoms with Crippen LogP contribution in [0, 0.1) is 0 Å². The molecule has 0 saturated carbocycles. The number of hydrogen-bond acceptors (Lipinski definition) is 2. The van der Waals surface area contributed by atoms with Gasteiger partial charge < -0.3 is 10.1 Å². The molecule has 0 bridgehead atoms. The molecule has 0 radical (unpaired) electrons. The van der Waals surface area contributed by atoms with Crippen molar-refractivity contribution in [3.63, 3.8) is 0 Å². The van der Waals surface area contributed by atoms with E-state index in [1.165, 1.54) is 5.56 Å². The molecule has 0 saturated heterocycles. The van der Waals surface area contributed by atoms with Crippen molar-refractivity contribution in [2.75, 3.05) is 13.2 Å². The van der Waals surface area contributed by atoms with Gasteiger partial charge in [0.1, 0.15) is 6.61 Å². The van der Waals surface area contributed by atoms with E-state index in [-0.39, 0.29) is 12.0 Å². The van der Waals surface area contributed by atoms with Crippen LogP contribution < -0.4 is 5.32 Å². The molecule has 0 aromatic heterocycles. The fraction of sp³-hybridized carbons (Fsp3) is 0.625. The molecule has 1 N–H and O–H groups in total.